The van der Waals surface area contributed by atoms with Gasteiger partial charge in [-0.05, 0) is 122 Å². The lowest BCUT2D eigenvalue weighted by atomic mass is 10.1. The Bertz CT molecular complexity index is 2200. The van der Waals surface area contributed by atoms with Crippen molar-refractivity contribution in [1.29, 1.82) is 0 Å². The molecule has 5 unspecified atom stereocenters. The third-order valence-electron chi connectivity index (χ3n) is 15.5. The summed E-state index contributed by atoms with van der Waals surface area (Å²) < 4.78 is 68.3. The first-order valence-electron chi connectivity index (χ1n) is 37.5. The Morgan fingerprint density at radius 2 is 0.552 bits per heavy atom. The summed E-state index contributed by atoms with van der Waals surface area (Å²) in [4.78, 5) is 72.7. The van der Waals surface area contributed by atoms with E-state index in [1.807, 2.05) is 0 Å². The minimum atomic E-state index is -4.98. The fraction of sp³-hybridized carbons (Fsp3) is 0.740. The highest BCUT2D eigenvalue weighted by Crippen LogP contribution is 2.45. The molecule has 0 bridgehead atoms. The lowest BCUT2D eigenvalue weighted by Gasteiger charge is -2.21. The van der Waals surface area contributed by atoms with Crippen LogP contribution in [0.1, 0.15) is 310 Å². The number of phosphoric ester groups is 2. The van der Waals surface area contributed by atoms with Gasteiger partial charge >= 0.3 is 39.5 Å². The molecule has 0 aliphatic heterocycles. The van der Waals surface area contributed by atoms with Crippen molar-refractivity contribution >= 4 is 39.5 Å². The summed E-state index contributed by atoms with van der Waals surface area (Å²) in [7, 11) is -9.95. The Morgan fingerprint density at radius 1 is 0.302 bits per heavy atom. The quantitative estimate of drug-likeness (QED) is 0.0169. The van der Waals surface area contributed by atoms with Gasteiger partial charge < -0.3 is 33.8 Å². The Labute approximate surface area is 582 Å². The molecule has 0 amide bonds. The van der Waals surface area contributed by atoms with Crippen LogP contribution < -0.4 is 0 Å². The highest BCUT2D eigenvalue weighted by Gasteiger charge is 2.30. The van der Waals surface area contributed by atoms with Crippen molar-refractivity contribution in [3.05, 3.63) is 97.2 Å². The summed E-state index contributed by atoms with van der Waals surface area (Å²) in [5.41, 5.74) is 0. The number of aliphatic hydroxyl groups is 1. The fourth-order valence-corrected chi connectivity index (χ4v) is 11.4. The number of carbonyl (C=O) groups excluding carboxylic acids is 4. The molecule has 0 saturated heterocycles. The van der Waals surface area contributed by atoms with Gasteiger partial charge in [0.15, 0.2) is 12.2 Å². The van der Waals surface area contributed by atoms with Gasteiger partial charge in [-0.3, -0.25) is 37.3 Å². The van der Waals surface area contributed by atoms with Crippen LogP contribution in [0.25, 0.3) is 0 Å². The van der Waals surface area contributed by atoms with Crippen LogP contribution in [-0.4, -0.2) is 96.7 Å². The average molecular weight is 1390 g/mol. The molecule has 0 rings (SSSR count). The molecular formula is C77H134O17P2. The van der Waals surface area contributed by atoms with Crippen molar-refractivity contribution in [3.8, 4) is 0 Å². The zero-order chi connectivity index (χ0) is 70.4. The van der Waals surface area contributed by atoms with E-state index in [1.54, 1.807) is 0 Å². The monoisotopic (exact) mass is 1390 g/mol. The number of carbonyl (C=O) groups is 4. The molecule has 554 valence electrons. The van der Waals surface area contributed by atoms with E-state index in [0.717, 1.165) is 161 Å². The number of rotatable bonds is 70. The van der Waals surface area contributed by atoms with E-state index < -0.39 is 97.5 Å². The summed E-state index contributed by atoms with van der Waals surface area (Å²) >= 11 is 0. The average Bonchev–Trinajstić information content (AvgIpc) is 1.56. The van der Waals surface area contributed by atoms with Gasteiger partial charge in [0.2, 0.25) is 0 Å². The molecule has 5 atom stereocenters. The first-order valence-corrected chi connectivity index (χ1v) is 40.5. The number of ether oxygens (including phenoxy) is 4. The SMILES string of the molecule is CC/C=C\C/C=C\C/C=C\C/C=C\CCCCC(=O)OCC(COP(=O)(O)OCC(O)COP(=O)(O)OCC(COC(=O)CCCCCCCC/C=C\C/C=C\C/C=C\CCCCC)OC(=O)CCCCCCCCCCCCC)OC(=O)CCCCCCC/C=C\CCCC. The summed E-state index contributed by atoms with van der Waals surface area (Å²) in [5.74, 6) is -2.24. The highest BCUT2D eigenvalue weighted by atomic mass is 31.2. The smallest absolute Gasteiger partial charge is 0.462 e. The standard InChI is InChI=1S/C77H134O17P2/c1-5-9-13-17-21-25-29-31-33-34-35-36-38-40-44-46-50-54-58-62-75(80)88-68-73(94-77(82)64-60-56-52-48-42-28-24-20-16-12-8-4)70-92-96(85,86)90-66-71(78)65-89-95(83,84)91-69-72(93-76(81)63-59-55-51-47-41-27-23-19-15-11-7-3)67-87-74(79)61-57-53-49-45-43-39-37-32-30-26-22-18-14-10-6-2/h10,14,19,21-23,25-26,31-33,35-37,43,45,71-73,78H,5-9,11-13,15-18,20,24,27-30,34,38-42,44,46-70H2,1-4H3,(H,83,84)(H,85,86)/b14-10-,23-19-,25-21-,26-22-,33-31-,36-35-,37-32-,45-43-. The Morgan fingerprint density at radius 3 is 0.917 bits per heavy atom. The number of phosphoric acid groups is 2. The summed E-state index contributed by atoms with van der Waals surface area (Å²) in [6.07, 6.45) is 71.3. The number of unbranched alkanes of at least 4 members (excludes halogenated alkanes) is 28. The van der Waals surface area contributed by atoms with E-state index in [1.165, 1.54) is 70.6 Å². The minimum Gasteiger partial charge on any atom is -0.462 e. The van der Waals surface area contributed by atoms with E-state index >= 15 is 0 Å². The molecule has 96 heavy (non-hydrogen) atoms. The molecule has 19 heteroatoms. The molecule has 0 aliphatic rings. The van der Waals surface area contributed by atoms with Gasteiger partial charge in [0, 0.05) is 25.7 Å². The molecular weight excluding hydrogens is 1260 g/mol. The zero-order valence-electron chi connectivity index (χ0n) is 60.3. The number of aliphatic hydroxyl groups excluding tert-OH is 1. The molecule has 0 radical (unpaired) electrons. The molecule has 0 aromatic heterocycles. The van der Waals surface area contributed by atoms with Crippen molar-refractivity contribution in [2.45, 2.75) is 329 Å². The number of allylic oxidation sites excluding steroid dienone is 16. The van der Waals surface area contributed by atoms with Gasteiger partial charge in [0.05, 0.1) is 26.4 Å². The molecule has 0 fully saturated rings. The van der Waals surface area contributed by atoms with Crippen molar-refractivity contribution in [3.63, 3.8) is 0 Å². The molecule has 0 spiro atoms. The van der Waals surface area contributed by atoms with Crippen LogP contribution >= 0.6 is 15.6 Å². The molecule has 17 nitrogen and oxygen atoms in total. The molecule has 0 saturated carbocycles. The molecule has 0 aromatic carbocycles. The second-order valence-electron chi connectivity index (χ2n) is 24.9. The lowest BCUT2D eigenvalue weighted by Crippen LogP contribution is -2.30. The summed E-state index contributed by atoms with van der Waals surface area (Å²) in [5, 5.41) is 10.6. The van der Waals surface area contributed by atoms with Crippen LogP contribution in [0.2, 0.25) is 0 Å². The van der Waals surface area contributed by atoms with Gasteiger partial charge in [-0.2, -0.15) is 0 Å². The van der Waals surface area contributed by atoms with E-state index in [0.29, 0.717) is 25.7 Å². The van der Waals surface area contributed by atoms with E-state index in [9.17, 15) is 43.2 Å². The second kappa shape index (κ2) is 69.5. The predicted molar refractivity (Wildman–Crippen MR) is 390 cm³/mol. The van der Waals surface area contributed by atoms with Gasteiger partial charge in [-0.1, -0.05) is 260 Å². The van der Waals surface area contributed by atoms with Crippen molar-refractivity contribution < 1.29 is 80.2 Å². The lowest BCUT2D eigenvalue weighted by molar-refractivity contribution is -0.161. The van der Waals surface area contributed by atoms with Gasteiger partial charge in [0.1, 0.15) is 19.3 Å². The largest absolute Gasteiger partial charge is 0.472 e. The Hall–Kier alpha value is -4.02. The number of hydrogen-bond donors (Lipinski definition) is 3. The summed E-state index contributed by atoms with van der Waals surface area (Å²) in [6.45, 7) is 4.62. The molecule has 3 N–H and O–H groups in total. The normalized spacial score (nSPS) is 14.5. The van der Waals surface area contributed by atoms with Crippen molar-refractivity contribution in [2.24, 2.45) is 0 Å². The van der Waals surface area contributed by atoms with Crippen LogP contribution in [0.5, 0.6) is 0 Å². The number of esters is 4. The maximum Gasteiger partial charge on any atom is 0.472 e. The van der Waals surface area contributed by atoms with Crippen LogP contribution in [0.3, 0.4) is 0 Å². The van der Waals surface area contributed by atoms with E-state index in [2.05, 4.69) is 125 Å². The maximum atomic E-state index is 13.0. The Balaban J connectivity index is 5.31. The zero-order valence-corrected chi connectivity index (χ0v) is 62.1. The first kappa shape index (κ1) is 92.0. The van der Waals surface area contributed by atoms with E-state index in [-0.39, 0.29) is 25.7 Å². The van der Waals surface area contributed by atoms with Crippen molar-refractivity contribution in [1.82, 2.24) is 0 Å². The maximum absolute atomic E-state index is 13.0. The van der Waals surface area contributed by atoms with Crippen LogP contribution in [-0.2, 0) is 65.4 Å². The van der Waals surface area contributed by atoms with Gasteiger partial charge in [-0.15, -0.1) is 0 Å². The van der Waals surface area contributed by atoms with E-state index in [4.69, 9.17) is 37.0 Å². The van der Waals surface area contributed by atoms with Crippen LogP contribution in [0.15, 0.2) is 97.2 Å². The predicted octanol–water partition coefficient (Wildman–Crippen LogP) is 21.2. The van der Waals surface area contributed by atoms with Crippen LogP contribution in [0, 0.1) is 0 Å². The second-order valence-corrected chi connectivity index (χ2v) is 27.8. The third kappa shape index (κ3) is 68.5. The van der Waals surface area contributed by atoms with Crippen molar-refractivity contribution in [2.75, 3.05) is 39.6 Å². The molecule has 0 aromatic rings. The van der Waals surface area contributed by atoms with Crippen LogP contribution in [0.4, 0.5) is 0 Å². The first-order chi connectivity index (χ1) is 46.7. The number of hydrogen-bond acceptors (Lipinski definition) is 15. The summed E-state index contributed by atoms with van der Waals surface area (Å²) in [6, 6.07) is 0. The third-order valence-corrected chi connectivity index (χ3v) is 17.4. The molecule has 0 heterocycles. The highest BCUT2D eigenvalue weighted by molar-refractivity contribution is 7.47. The Kier molecular flexibility index (Phi) is 66.6. The topological polar surface area (TPSA) is 237 Å². The minimum absolute atomic E-state index is 0.0753. The molecule has 0 aliphatic carbocycles. The fourth-order valence-electron chi connectivity index (χ4n) is 9.79. The van der Waals surface area contributed by atoms with Gasteiger partial charge in [-0.25, -0.2) is 9.13 Å². The van der Waals surface area contributed by atoms with Gasteiger partial charge in [0.25, 0.3) is 0 Å².